The minimum absolute atomic E-state index is 0.0646. The summed E-state index contributed by atoms with van der Waals surface area (Å²) in [6, 6.07) is 1.60. The summed E-state index contributed by atoms with van der Waals surface area (Å²) in [5.74, 6) is -0.950. The van der Waals surface area contributed by atoms with Gasteiger partial charge in [0.2, 0.25) is 15.9 Å². The second-order valence-corrected chi connectivity index (χ2v) is 12.8. The zero-order chi connectivity index (χ0) is 22.2. The van der Waals surface area contributed by atoms with Crippen molar-refractivity contribution in [2.24, 2.45) is 5.92 Å². The molecular formula is C19H27N3O7S2. The van der Waals surface area contributed by atoms with Crippen LogP contribution in [0.4, 0.5) is 0 Å². The maximum absolute atomic E-state index is 13.0. The van der Waals surface area contributed by atoms with Gasteiger partial charge in [0.25, 0.3) is 5.91 Å². The van der Waals surface area contributed by atoms with Crippen LogP contribution < -0.4 is 0 Å². The zero-order valence-electron chi connectivity index (χ0n) is 17.2. The summed E-state index contributed by atoms with van der Waals surface area (Å²) in [5.41, 5.74) is 0.459. The van der Waals surface area contributed by atoms with Gasteiger partial charge in [-0.1, -0.05) is 0 Å². The summed E-state index contributed by atoms with van der Waals surface area (Å²) < 4.78 is 55.2. The normalized spacial score (nSPS) is 27.4. The SMILES string of the molecule is O=C(c1ccoc1)N1CCCC(C(=O)N2CCN(S(=O)(=O)C3CCS(=O)(=O)C3)CC2)C1. The number of hydrogen-bond donors (Lipinski definition) is 0. The first-order valence-corrected chi connectivity index (χ1v) is 13.8. The van der Waals surface area contributed by atoms with Crippen LogP contribution in [-0.4, -0.2) is 98.8 Å². The van der Waals surface area contributed by atoms with E-state index in [1.54, 1.807) is 15.9 Å². The number of sulfonamides is 1. The number of likely N-dealkylation sites (tertiary alicyclic amines) is 1. The van der Waals surface area contributed by atoms with E-state index in [0.29, 0.717) is 25.1 Å². The fraction of sp³-hybridized carbons (Fsp3) is 0.684. The molecule has 4 heterocycles. The molecule has 12 heteroatoms. The number of nitrogens with zero attached hydrogens (tertiary/aromatic N) is 3. The third-order valence-electron chi connectivity index (χ3n) is 6.35. The van der Waals surface area contributed by atoms with Crippen LogP contribution in [-0.2, 0) is 24.7 Å². The summed E-state index contributed by atoms with van der Waals surface area (Å²) in [4.78, 5) is 28.9. The van der Waals surface area contributed by atoms with Gasteiger partial charge in [-0.25, -0.2) is 16.8 Å². The third-order valence-corrected chi connectivity index (χ3v) is 10.7. The first-order valence-electron chi connectivity index (χ1n) is 10.5. The number of piperidine rings is 1. The van der Waals surface area contributed by atoms with Crippen molar-refractivity contribution >= 4 is 31.7 Å². The highest BCUT2D eigenvalue weighted by molar-refractivity contribution is 7.95. The van der Waals surface area contributed by atoms with Crippen molar-refractivity contribution in [2.45, 2.75) is 24.5 Å². The Labute approximate surface area is 182 Å². The van der Waals surface area contributed by atoms with Gasteiger partial charge in [0.05, 0.1) is 34.5 Å². The molecule has 3 saturated heterocycles. The van der Waals surface area contributed by atoms with Crippen LogP contribution in [0, 0.1) is 5.92 Å². The van der Waals surface area contributed by atoms with E-state index >= 15 is 0 Å². The van der Waals surface area contributed by atoms with Crippen LogP contribution >= 0.6 is 0 Å². The number of furan rings is 1. The number of carbonyl (C=O) groups is 2. The van der Waals surface area contributed by atoms with Crippen molar-refractivity contribution in [3.63, 3.8) is 0 Å². The molecule has 0 aliphatic carbocycles. The molecule has 0 N–H and O–H groups in total. The molecule has 3 aliphatic rings. The Bertz CT molecular complexity index is 1030. The lowest BCUT2D eigenvalue weighted by Gasteiger charge is -2.39. The third kappa shape index (κ3) is 4.65. The summed E-state index contributed by atoms with van der Waals surface area (Å²) in [5, 5.41) is -0.888. The Hall–Kier alpha value is -1.92. The predicted molar refractivity (Wildman–Crippen MR) is 111 cm³/mol. The van der Waals surface area contributed by atoms with Gasteiger partial charge in [-0.2, -0.15) is 4.31 Å². The minimum Gasteiger partial charge on any atom is -0.472 e. The van der Waals surface area contributed by atoms with Crippen LogP contribution in [0.5, 0.6) is 0 Å². The molecule has 0 spiro atoms. The van der Waals surface area contributed by atoms with E-state index in [9.17, 15) is 26.4 Å². The topological polar surface area (TPSA) is 125 Å². The second-order valence-electron chi connectivity index (χ2n) is 8.40. The number of rotatable bonds is 4. The molecule has 172 valence electrons. The highest BCUT2D eigenvalue weighted by Crippen LogP contribution is 2.25. The quantitative estimate of drug-likeness (QED) is 0.592. The predicted octanol–water partition coefficient (Wildman–Crippen LogP) is -0.207. The van der Waals surface area contributed by atoms with Gasteiger partial charge in [0.1, 0.15) is 6.26 Å². The first kappa shape index (κ1) is 22.3. The van der Waals surface area contributed by atoms with Crippen molar-refractivity contribution in [3.05, 3.63) is 24.2 Å². The Kier molecular flexibility index (Phi) is 6.14. The van der Waals surface area contributed by atoms with Gasteiger partial charge in [-0.05, 0) is 25.3 Å². The average Bonchev–Trinajstić information content (AvgIpc) is 3.43. The Morgan fingerprint density at radius 2 is 1.77 bits per heavy atom. The number of amides is 2. The molecule has 0 saturated carbocycles. The van der Waals surface area contributed by atoms with Crippen molar-refractivity contribution in [3.8, 4) is 0 Å². The fourth-order valence-electron chi connectivity index (χ4n) is 4.56. The van der Waals surface area contributed by atoms with Crippen LogP contribution in [0.3, 0.4) is 0 Å². The van der Waals surface area contributed by atoms with Crippen molar-refractivity contribution in [2.75, 3.05) is 50.8 Å². The molecule has 0 bridgehead atoms. The van der Waals surface area contributed by atoms with E-state index in [0.717, 1.165) is 6.42 Å². The lowest BCUT2D eigenvalue weighted by Crippen LogP contribution is -2.55. The molecule has 31 heavy (non-hydrogen) atoms. The highest BCUT2D eigenvalue weighted by Gasteiger charge is 2.42. The van der Waals surface area contributed by atoms with Crippen LogP contribution in [0.2, 0.25) is 0 Å². The first-order chi connectivity index (χ1) is 14.7. The summed E-state index contributed by atoms with van der Waals surface area (Å²) in [6.45, 7) is 1.78. The number of hydrogen-bond acceptors (Lipinski definition) is 7. The van der Waals surface area contributed by atoms with E-state index in [1.165, 1.54) is 16.8 Å². The molecule has 3 fully saturated rings. The van der Waals surface area contributed by atoms with Gasteiger partial charge in [0.15, 0.2) is 9.84 Å². The molecule has 2 atom stereocenters. The van der Waals surface area contributed by atoms with Crippen LogP contribution in [0.1, 0.15) is 29.6 Å². The highest BCUT2D eigenvalue weighted by atomic mass is 32.2. The van der Waals surface area contributed by atoms with Gasteiger partial charge in [-0.15, -0.1) is 0 Å². The number of sulfone groups is 1. The molecule has 0 radical (unpaired) electrons. The minimum atomic E-state index is -3.70. The summed E-state index contributed by atoms with van der Waals surface area (Å²) in [7, 11) is -6.99. The van der Waals surface area contributed by atoms with Gasteiger partial charge < -0.3 is 14.2 Å². The molecule has 0 aromatic carbocycles. The van der Waals surface area contributed by atoms with E-state index < -0.39 is 25.1 Å². The fourth-order valence-corrected chi connectivity index (χ4v) is 9.07. The Balaban J connectivity index is 1.33. The zero-order valence-corrected chi connectivity index (χ0v) is 18.8. The Morgan fingerprint density at radius 1 is 1.03 bits per heavy atom. The maximum atomic E-state index is 13.0. The van der Waals surface area contributed by atoms with E-state index in [1.807, 2.05) is 0 Å². The number of piperazine rings is 1. The van der Waals surface area contributed by atoms with Crippen LogP contribution in [0.15, 0.2) is 23.0 Å². The molecule has 3 aliphatic heterocycles. The van der Waals surface area contributed by atoms with Gasteiger partial charge in [0, 0.05) is 39.3 Å². The lowest BCUT2D eigenvalue weighted by molar-refractivity contribution is -0.138. The largest absolute Gasteiger partial charge is 0.472 e. The standard InChI is InChI=1S/C19H27N3O7S2/c23-18(15-2-1-5-21(12-15)19(24)16-3-10-29-13-16)20-6-8-22(9-7-20)31(27,28)17-4-11-30(25,26)14-17/h3,10,13,15,17H,1-2,4-9,11-12,14H2. The van der Waals surface area contributed by atoms with E-state index in [4.69, 9.17) is 4.42 Å². The average molecular weight is 474 g/mol. The molecule has 2 unspecified atom stereocenters. The monoisotopic (exact) mass is 473 g/mol. The molecule has 1 aromatic heterocycles. The molecule has 2 amide bonds. The summed E-state index contributed by atoms with van der Waals surface area (Å²) >= 11 is 0. The van der Waals surface area contributed by atoms with Gasteiger partial charge in [-0.3, -0.25) is 9.59 Å². The van der Waals surface area contributed by atoms with Gasteiger partial charge >= 0.3 is 0 Å². The molecule has 4 rings (SSSR count). The maximum Gasteiger partial charge on any atom is 0.257 e. The molecule has 10 nitrogen and oxygen atoms in total. The van der Waals surface area contributed by atoms with Crippen molar-refractivity contribution in [1.29, 1.82) is 0 Å². The van der Waals surface area contributed by atoms with Crippen molar-refractivity contribution in [1.82, 2.24) is 14.1 Å². The lowest BCUT2D eigenvalue weighted by atomic mass is 9.95. The number of carbonyl (C=O) groups excluding carboxylic acids is 2. The molecular weight excluding hydrogens is 446 g/mol. The van der Waals surface area contributed by atoms with E-state index in [-0.39, 0.29) is 61.8 Å². The second kappa shape index (κ2) is 8.55. The van der Waals surface area contributed by atoms with E-state index in [2.05, 4.69) is 0 Å². The molecule has 1 aromatic rings. The summed E-state index contributed by atoms with van der Waals surface area (Å²) in [6.07, 6.45) is 4.38. The Morgan fingerprint density at radius 3 is 2.39 bits per heavy atom. The van der Waals surface area contributed by atoms with Crippen LogP contribution in [0.25, 0.3) is 0 Å². The van der Waals surface area contributed by atoms with Crippen molar-refractivity contribution < 1.29 is 30.8 Å². The smallest absolute Gasteiger partial charge is 0.257 e.